The molecule has 3 rings (SSSR count). The minimum atomic E-state index is -3.86. The maximum absolute atomic E-state index is 13.2. The third-order valence-corrected chi connectivity index (χ3v) is 5.83. The lowest BCUT2D eigenvalue weighted by molar-refractivity contribution is 0.579. The molecule has 7 heteroatoms. The van der Waals surface area contributed by atoms with E-state index in [0.717, 1.165) is 28.6 Å². The third-order valence-electron chi connectivity index (χ3n) is 4.27. The summed E-state index contributed by atoms with van der Waals surface area (Å²) < 4.78 is 40.6. The standard InChI is InChI=1S/C19H19FN2O3S/c1-11-6-12(2)16-9-14(19(23)22-17(16)7-11)10-21-26(24,25)18-5-4-15(20)8-13(18)3/h4-9,21H,10H2,1-3H3,(H,22,23). The monoisotopic (exact) mass is 374 g/mol. The second-order valence-electron chi connectivity index (χ2n) is 6.40. The number of nitrogens with one attached hydrogen (secondary N) is 2. The van der Waals surface area contributed by atoms with Crippen LogP contribution >= 0.6 is 0 Å². The molecule has 0 bridgehead atoms. The third kappa shape index (κ3) is 3.54. The summed E-state index contributed by atoms with van der Waals surface area (Å²) in [6.45, 7) is 5.24. The van der Waals surface area contributed by atoms with Crippen LogP contribution in [0.4, 0.5) is 4.39 Å². The first kappa shape index (κ1) is 18.3. The van der Waals surface area contributed by atoms with Crippen molar-refractivity contribution in [1.29, 1.82) is 0 Å². The second-order valence-corrected chi connectivity index (χ2v) is 8.14. The van der Waals surface area contributed by atoms with Crippen LogP contribution in [-0.4, -0.2) is 13.4 Å². The van der Waals surface area contributed by atoms with Gasteiger partial charge >= 0.3 is 0 Å². The summed E-state index contributed by atoms with van der Waals surface area (Å²) in [4.78, 5) is 15.1. The highest BCUT2D eigenvalue weighted by molar-refractivity contribution is 7.89. The van der Waals surface area contributed by atoms with E-state index in [0.29, 0.717) is 16.6 Å². The molecule has 0 atom stereocenters. The van der Waals surface area contributed by atoms with Crippen LogP contribution in [0.2, 0.25) is 0 Å². The Morgan fingerprint density at radius 2 is 1.77 bits per heavy atom. The van der Waals surface area contributed by atoms with Gasteiger partial charge in [0, 0.05) is 23.0 Å². The molecule has 0 amide bonds. The first-order valence-corrected chi connectivity index (χ1v) is 9.55. The van der Waals surface area contributed by atoms with Gasteiger partial charge in [-0.2, -0.15) is 0 Å². The average Bonchev–Trinajstić information content (AvgIpc) is 2.52. The van der Waals surface area contributed by atoms with Crippen LogP contribution in [0, 0.1) is 26.6 Å². The van der Waals surface area contributed by atoms with Gasteiger partial charge in [-0.15, -0.1) is 0 Å². The number of halogens is 1. The number of hydrogen-bond donors (Lipinski definition) is 2. The Morgan fingerprint density at radius 3 is 2.46 bits per heavy atom. The fourth-order valence-corrected chi connectivity index (χ4v) is 4.24. The van der Waals surface area contributed by atoms with Crippen molar-refractivity contribution in [3.8, 4) is 0 Å². The van der Waals surface area contributed by atoms with Crippen molar-refractivity contribution in [2.24, 2.45) is 0 Å². The Hall–Kier alpha value is -2.51. The molecule has 0 saturated carbocycles. The van der Waals surface area contributed by atoms with E-state index in [1.165, 1.54) is 13.0 Å². The lowest BCUT2D eigenvalue weighted by atomic mass is 10.0. The summed E-state index contributed by atoms with van der Waals surface area (Å²) in [7, 11) is -3.86. The summed E-state index contributed by atoms with van der Waals surface area (Å²) in [5.74, 6) is -0.502. The Kier molecular flexibility index (Phi) is 4.68. The van der Waals surface area contributed by atoms with Crippen LogP contribution in [0.1, 0.15) is 22.3 Å². The Bertz CT molecular complexity index is 1170. The van der Waals surface area contributed by atoms with E-state index >= 15 is 0 Å². The molecule has 0 aliphatic carbocycles. The van der Waals surface area contributed by atoms with Gasteiger partial charge in [-0.05, 0) is 67.8 Å². The fourth-order valence-electron chi connectivity index (χ4n) is 3.01. The predicted molar refractivity (Wildman–Crippen MR) is 99.2 cm³/mol. The highest BCUT2D eigenvalue weighted by Crippen LogP contribution is 2.19. The van der Waals surface area contributed by atoms with E-state index in [1.807, 2.05) is 26.0 Å². The van der Waals surface area contributed by atoms with Crippen molar-refractivity contribution in [3.05, 3.63) is 74.8 Å². The molecule has 0 radical (unpaired) electrons. The molecule has 1 heterocycles. The lowest BCUT2D eigenvalue weighted by Gasteiger charge is -2.10. The molecule has 5 nitrogen and oxygen atoms in total. The van der Waals surface area contributed by atoms with E-state index < -0.39 is 15.8 Å². The summed E-state index contributed by atoms with van der Waals surface area (Å²) in [6.07, 6.45) is 0. The van der Waals surface area contributed by atoms with Gasteiger partial charge in [0.25, 0.3) is 5.56 Å². The minimum absolute atomic E-state index is 0.0112. The van der Waals surface area contributed by atoms with Gasteiger partial charge in [-0.1, -0.05) is 6.07 Å². The first-order valence-electron chi connectivity index (χ1n) is 8.06. The molecule has 26 heavy (non-hydrogen) atoms. The van der Waals surface area contributed by atoms with Gasteiger partial charge in [0.05, 0.1) is 4.90 Å². The maximum Gasteiger partial charge on any atom is 0.252 e. The number of hydrogen-bond acceptors (Lipinski definition) is 3. The van der Waals surface area contributed by atoms with Crippen molar-refractivity contribution in [3.63, 3.8) is 0 Å². The van der Waals surface area contributed by atoms with Crippen LogP contribution in [0.25, 0.3) is 10.9 Å². The van der Waals surface area contributed by atoms with Gasteiger partial charge in [0.2, 0.25) is 10.0 Å². The molecule has 2 aromatic carbocycles. The molecular weight excluding hydrogens is 355 g/mol. The molecule has 3 aromatic rings. The highest BCUT2D eigenvalue weighted by Gasteiger charge is 2.18. The van der Waals surface area contributed by atoms with Crippen LogP contribution in [0.15, 0.2) is 46.1 Å². The SMILES string of the molecule is Cc1cc(C)c2cc(CNS(=O)(=O)c3ccc(F)cc3C)c(=O)[nH]c2c1. The van der Waals surface area contributed by atoms with Gasteiger partial charge in [0.1, 0.15) is 5.82 Å². The molecular formula is C19H19FN2O3S. The zero-order chi connectivity index (χ0) is 19.1. The van der Waals surface area contributed by atoms with Crippen molar-refractivity contribution in [2.75, 3.05) is 0 Å². The zero-order valence-electron chi connectivity index (χ0n) is 14.7. The van der Waals surface area contributed by atoms with Crippen molar-refractivity contribution >= 4 is 20.9 Å². The summed E-state index contributed by atoms with van der Waals surface area (Å²) >= 11 is 0. The van der Waals surface area contributed by atoms with E-state index in [-0.39, 0.29) is 17.0 Å². The molecule has 0 spiro atoms. The van der Waals surface area contributed by atoms with E-state index in [1.54, 1.807) is 6.07 Å². The zero-order valence-corrected chi connectivity index (χ0v) is 15.5. The van der Waals surface area contributed by atoms with Gasteiger partial charge in [0.15, 0.2) is 0 Å². The Balaban J connectivity index is 1.94. The number of aryl methyl sites for hydroxylation is 3. The number of sulfonamides is 1. The molecule has 0 aliphatic rings. The van der Waals surface area contributed by atoms with Crippen LogP contribution in [0.3, 0.4) is 0 Å². The van der Waals surface area contributed by atoms with Gasteiger partial charge in [-0.3, -0.25) is 4.79 Å². The van der Waals surface area contributed by atoms with Crippen molar-refractivity contribution in [1.82, 2.24) is 9.71 Å². The van der Waals surface area contributed by atoms with E-state index in [4.69, 9.17) is 0 Å². The molecule has 0 fully saturated rings. The van der Waals surface area contributed by atoms with E-state index in [2.05, 4.69) is 9.71 Å². The first-order chi connectivity index (χ1) is 12.2. The number of H-pyrrole nitrogens is 1. The number of aromatic nitrogens is 1. The molecule has 0 saturated heterocycles. The molecule has 1 aromatic heterocycles. The largest absolute Gasteiger partial charge is 0.322 e. The Labute approximate surface area is 150 Å². The lowest BCUT2D eigenvalue weighted by Crippen LogP contribution is -2.27. The topological polar surface area (TPSA) is 79.0 Å². The predicted octanol–water partition coefficient (Wildman–Crippen LogP) is 3.07. The number of aromatic amines is 1. The van der Waals surface area contributed by atoms with Crippen LogP contribution in [-0.2, 0) is 16.6 Å². The summed E-state index contributed by atoms with van der Waals surface area (Å²) in [5, 5.41) is 0.863. The number of benzene rings is 2. The highest BCUT2D eigenvalue weighted by atomic mass is 32.2. The Morgan fingerprint density at radius 1 is 1.04 bits per heavy atom. The quantitative estimate of drug-likeness (QED) is 0.737. The molecule has 0 aliphatic heterocycles. The molecule has 2 N–H and O–H groups in total. The van der Waals surface area contributed by atoms with Crippen molar-refractivity contribution < 1.29 is 12.8 Å². The summed E-state index contributed by atoms with van der Waals surface area (Å²) in [6, 6.07) is 9.03. The smallest absolute Gasteiger partial charge is 0.252 e. The average molecular weight is 374 g/mol. The van der Waals surface area contributed by atoms with E-state index in [9.17, 15) is 17.6 Å². The molecule has 136 valence electrons. The summed E-state index contributed by atoms with van der Waals surface area (Å²) in [5.41, 5.74) is 3.01. The number of pyridine rings is 1. The maximum atomic E-state index is 13.2. The van der Waals surface area contributed by atoms with Gasteiger partial charge < -0.3 is 4.98 Å². The second kappa shape index (κ2) is 6.66. The number of rotatable bonds is 4. The number of fused-ring (bicyclic) bond motifs is 1. The molecule has 0 unspecified atom stereocenters. The minimum Gasteiger partial charge on any atom is -0.322 e. The normalized spacial score (nSPS) is 11.8. The van der Waals surface area contributed by atoms with Crippen LogP contribution < -0.4 is 10.3 Å². The van der Waals surface area contributed by atoms with Gasteiger partial charge in [-0.25, -0.2) is 17.5 Å². The fraction of sp³-hybridized carbons (Fsp3) is 0.211. The van der Waals surface area contributed by atoms with Crippen molar-refractivity contribution in [2.45, 2.75) is 32.2 Å². The van der Waals surface area contributed by atoms with Crippen LogP contribution in [0.5, 0.6) is 0 Å².